The summed E-state index contributed by atoms with van der Waals surface area (Å²) in [6.45, 7) is 5.91. The Morgan fingerprint density at radius 2 is 2.22 bits per heavy atom. The molecule has 0 unspecified atom stereocenters. The van der Waals surface area contributed by atoms with Gasteiger partial charge in [-0.05, 0) is 18.4 Å². The van der Waals surface area contributed by atoms with E-state index in [1.807, 2.05) is 24.4 Å². The Hall–Kier alpha value is -1.44. The molecule has 0 spiro atoms. The lowest BCUT2D eigenvalue weighted by molar-refractivity contribution is -0.142. The summed E-state index contributed by atoms with van der Waals surface area (Å²) in [5, 5.41) is 11.5. The SMILES string of the molecule is C[C@H](CN1CCOCC1)N1C(=O)C[C@H](C(=O)O)[C@H]1c1cccs1. The molecule has 0 bridgehead atoms. The maximum absolute atomic E-state index is 12.5. The van der Waals surface area contributed by atoms with Crippen molar-refractivity contribution >= 4 is 23.2 Å². The van der Waals surface area contributed by atoms with Gasteiger partial charge in [0, 0.05) is 37.0 Å². The number of carbonyl (C=O) groups excluding carboxylic acids is 1. The maximum Gasteiger partial charge on any atom is 0.309 e. The van der Waals surface area contributed by atoms with Crippen LogP contribution < -0.4 is 0 Å². The zero-order valence-electron chi connectivity index (χ0n) is 13.2. The minimum atomic E-state index is -0.891. The number of nitrogens with zero attached hydrogens (tertiary/aromatic N) is 2. The summed E-state index contributed by atoms with van der Waals surface area (Å²) in [5.74, 6) is -1.61. The molecule has 23 heavy (non-hydrogen) atoms. The molecule has 7 heteroatoms. The van der Waals surface area contributed by atoms with Gasteiger partial charge in [0.2, 0.25) is 5.91 Å². The quantitative estimate of drug-likeness (QED) is 0.880. The number of carbonyl (C=O) groups is 2. The number of hydrogen-bond donors (Lipinski definition) is 1. The monoisotopic (exact) mass is 338 g/mol. The van der Waals surface area contributed by atoms with Crippen molar-refractivity contribution in [3.63, 3.8) is 0 Å². The van der Waals surface area contributed by atoms with Crippen LogP contribution in [0.4, 0.5) is 0 Å². The highest BCUT2D eigenvalue weighted by atomic mass is 32.1. The summed E-state index contributed by atoms with van der Waals surface area (Å²) in [5.41, 5.74) is 0. The van der Waals surface area contributed by atoms with Crippen LogP contribution >= 0.6 is 11.3 Å². The Morgan fingerprint density at radius 3 is 2.83 bits per heavy atom. The molecule has 3 heterocycles. The molecule has 2 saturated heterocycles. The Kier molecular flexibility index (Phi) is 4.99. The van der Waals surface area contributed by atoms with Crippen LogP contribution in [0.5, 0.6) is 0 Å². The summed E-state index contributed by atoms with van der Waals surface area (Å²) in [6, 6.07) is 3.47. The third-order valence-electron chi connectivity index (χ3n) is 4.62. The van der Waals surface area contributed by atoms with Crippen LogP contribution in [0.3, 0.4) is 0 Å². The minimum absolute atomic E-state index is 0.0166. The van der Waals surface area contributed by atoms with Crippen molar-refractivity contribution in [1.29, 1.82) is 0 Å². The number of morpholine rings is 1. The number of thiophene rings is 1. The molecule has 1 N–H and O–H groups in total. The van der Waals surface area contributed by atoms with Crippen molar-refractivity contribution in [1.82, 2.24) is 9.80 Å². The number of amides is 1. The molecule has 1 aromatic rings. The van der Waals surface area contributed by atoms with Gasteiger partial charge in [-0.1, -0.05) is 6.07 Å². The molecule has 0 aromatic carbocycles. The van der Waals surface area contributed by atoms with Gasteiger partial charge in [-0.3, -0.25) is 14.5 Å². The second-order valence-electron chi connectivity index (χ2n) is 6.17. The standard InChI is InChI=1S/C16H22N2O4S/c1-11(10-17-4-6-22-7-5-17)18-14(19)9-12(16(20)21)15(18)13-3-2-8-23-13/h2-3,8,11-12,15H,4-7,9-10H2,1H3,(H,20,21)/t11-,12+,15+/m1/s1. The van der Waals surface area contributed by atoms with Gasteiger partial charge in [0.15, 0.2) is 0 Å². The molecule has 1 aromatic heterocycles. The average molecular weight is 338 g/mol. The third-order valence-corrected chi connectivity index (χ3v) is 5.56. The first-order valence-electron chi connectivity index (χ1n) is 7.95. The molecule has 126 valence electrons. The molecule has 2 fully saturated rings. The normalized spacial score (nSPS) is 27.3. The van der Waals surface area contributed by atoms with Crippen molar-refractivity contribution in [2.75, 3.05) is 32.8 Å². The van der Waals surface area contributed by atoms with E-state index in [-0.39, 0.29) is 24.4 Å². The van der Waals surface area contributed by atoms with Crippen LogP contribution in [-0.4, -0.2) is 65.7 Å². The van der Waals surface area contributed by atoms with E-state index >= 15 is 0 Å². The lowest BCUT2D eigenvalue weighted by atomic mass is 9.98. The molecule has 1 amide bonds. The van der Waals surface area contributed by atoms with Crippen LogP contribution in [0.15, 0.2) is 17.5 Å². The molecule has 0 aliphatic carbocycles. The Balaban J connectivity index is 1.79. The molecule has 2 aliphatic heterocycles. The average Bonchev–Trinajstić information content (AvgIpc) is 3.15. The first kappa shape index (κ1) is 16.4. The molecule has 6 nitrogen and oxygen atoms in total. The van der Waals surface area contributed by atoms with Crippen LogP contribution in [0.25, 0.3) is 0 Å². The smallest absolute Gasteiger partial charge is 0.309 e. The van der Waals surface area contributed by atoms with Gasteiger partial charge in [0.25, 0.3) is 0 Å². The van der Waals surface area contributed by atoms with E-state index in [1.165, 1.54) is 11.3 Å². The summed E-state index contributed by atoms with van der Waals surface area (Å²) in [6.07, 6.45) is 0.0886. The van der Waals surface area contributed by atoms with E-state index < -0.39 is 11.9 Å². The van der Waals surface area contributed by atoms with E-state index in [2.05, 4.69) is 4.90 Å². The minimum Gasteiger partial charge on any atom is -0.481 e. The summed E-state index contributed by atoms with van der Waals surface area (Å²) in [4.78, 5) is 29.1. The number of aliphatic carboxylic acids is 1. The molecular formula is C16H22N2O4S. The maximum atomic E-state index is 12.5. The summed E-state index contributed by atoms with van der Waals surface area (Å²) in [7, 11) is 0. The van der Waals surface area contributed by atoms with Gasteiger partial charge in [0.1, 0.15) is 0 Å². The van der Waals surface area contributed by atoms with E-state index in [0.717, 1.165) is 24.5 Å². The number of carboxylic acids is 1. The lowest BCUT2D eigenvalue weighted by Gasteiger charge is -2.36. The van der Waals surface area contributed by atoms with Crippen molar-refractivity contribution in [2.45, 2.75) is 25.4 Å². The second-order valence-corrected chi connectivity index (χ2v) is 7.15. The highest BCUT2D eigenvalue weighted by molar-refractivity contribution is 7.10. The van der Waals surface area contributed by atoms with Gasteiger partial charge in [-0.15, -0.1) is 11.3 Å². The zero-order valence-corrected chi connectivity index (χ0v) is 14.0. The largest absolute Gasteiger partial charge is 0.481 e. The van der Waals surface area contributed by atoms with Gasteiger partial charge in [-0.25, -0.2) is 0 Å². The van der Waals surface area contributed by atoms with Crippen LogP contribution in [-0.2, 0) is 14.3 Å². The van der Waals surface area contributed by atoms with Crippen molar-refractivity contribution < 1.29 is 19.4 Å². The molecule has 0 saturated carbocycles. The molecular weight excluding hydrogens is 316 g/mol. The van der Waals surface area contributed by atoms with E-state index in [0.29, 0.717) is 13.2 Å². The number of likely N-dealkylation sites (tertiary alicyclic amines) is 1. The Morgan fingerprint density at radius 1 is 1.48 bits per heavy atom. The van der Waals surface area contributed by atoms with Crippen LogP contribution in [0.1, 0.15) is 24.3 Å². The first-order chi connectivity index (χ1) is 11.1. The fourth-order valence-corrected chi connectivity index (χ4v) is 4.43. The van der Waals surface area contributed by atoms with Crippen LogP contribution in [0, 0.1) is 5.92 Å². The number of hydrogen-bond acceptors (Lipinski definition) is 5. The van der Waals surface area contributed by atoms with E-state index in [1.54, 1.807) is 4.90 Å². The van der Waals surface area contributed by atoms with E-state index in [9.17, 15) is 14.7 Å². The second kappa shape index (κ2) is 6.98. The molecule has 0 radical (unpaired) electrons. The molecule has 3 rings (SSSR count). The van der Waals surface area contributed by atoms with Crippen LogP contribution in [0.2, 0.25) is 0 Å². The van der Waals surface area contributed by atoms with Gasteiger partial charge in [0.05, 0.1) is 25.2 Å². The molecule has 3 atom stereocenters. The summed E-state index contributed by atoms with van der Waals surface area (Å²) < 4.78 is 5.36. The van der Waals surface area contributed by atoms with Crippen molar-refractivity contribution in [3.05, 3.63) is 22.4 Å². The predicted octanol–water partition coefficient (Wildman–Crippen LogP) is 1.44. The van der Waals surface area contributed by atoms with Gasteiger partial charge in [-0.2, -0.15) is 0 Å². The first-order valence-corrected chi connectivity index (χ1v) is 8.83. The predicted molar refractivity (Wildman–Crippen MR) is 86.4 cm³/mol. The zero-order chi connectivity index (χ0) is 16.4. The van der Waals surface area contributed by atoms with Gasteiger partial charge < -0.3 is 14.7 Å². The lowest BCUT2D eigenvalue weighted by Crippen LogP contribution is -2.47. The van der Waals surface area contributed by atoms with Crippen molar-refractivity contribution in [2.24, 2.45) is 5.92 Å². The van der Waals surface area contributed by atoms with Gasteiger partial charge >= 0.3 is 5.97 Å². The highest BCUT2D eigenvalue weighted by Crippen LogP contribution is 2.41. The van der Waals surface area contributed by atoms with E-state index in [4.69, 9.17) is 4.74 Å². The van der Waals surface area contributed by atoms with Crippen molar-refractivity contribution in [3.8, 4) is 0 Å². The number of ether oxygens (including phenoxy) is 1. The fourth-order valence-electron chi connectivity index (χ4n) is 3.54. The number of rotatable bonds is 5. The Bertz CT molecular complexity index is 556. The Labute approximate surface area is 139 Å². The molecule has 2 aliphatic rings. The highest BCUT2D eigenvalue weighted by Gasteiger charge is 2.47. The summed E-state index contributed by atoms with van der Waals surface area (Å²) >= 11 is 1.52. The topological polar surface area (TPSA) is 70.1 Å². The fraction of sp³-hybridized carbons (Fsp3) is 0.625. The third kappa shape index (κ3) is 3.41. The number of carboxylic acid groups (broad SMARTS) is 1.